The van der Waals surface area contributed by atoms with Crippen molar-refractivity contribution in [3.8, 4) is 5.88 Å². The van der Waals surface area contributed by atoms with E-state index in [1.54, 1.807) is 12.1 Å². The van der Waals surface area contributed by atoms with Crippen LogP contribution in [-0.2, 0) is 13.2 Å². The molecule has 3 heterocycles. The van der Waals surface area contributed by atoms with Crippen LogP contribution in [0.5, 0.6) is 5.88 Å². The number of rotatable bonds is 9. The number of nitrogens with one attached hydrogen (secondary N) is 2. The Kier molecular flexibility index (Phi) is 8.20. The lowest BCUT2D eigenvalue weighted by atomic mass is 9.86. The number of benzene rings is 3. The van der Waals surface area contributed by atoms with E-state index in [1.807, 2.05) is 44.4 Å². The number of carbonyl (C=O) groups excluding carboxylic acids is 2. The van der Waals surface area contributed by atoms with Crippen LogP contribution in [0.25, 0.3) is 16.7 Å². The topological polar surface area (TPSA) is 139 Å². The minimum absolute atomic E-state index is 0.0884. The van der Waals surface area contributed by atoms with E-state index in [0.29, 0.717) is 50.2 Å². The maximum Gasteiger partial charge on any atom is 0.251 e. The van der Waals surface area contributed by atoms with E-state index in [-0.39, 0.29) is 18.5 Å². The molecule has 1 aliphatic carbocycles. The number of allylic oxidation sites excluding steroid dienone is 5. The number of nitrogens with zero attached hydrogens (tertiary/aromatic N) is 4. The Labute approximate surface area is 280 Å². The largest absolute Gasteiger partial charge is 0.471 e. The van der Waals surface area contributed by atoms with Crippen LogP contribution < -0.4 is 25.9 Å². The van der Waals surface area contributed by atoms with Gasteiger partial charge >= 0.3 is 0 Å². The van der Waals surface area contributed by atoms with Gasteiger partial charge in [-0.15, -0.1) is 0 Å². The summed E-state index contributed by atoms with van der Waals surface area (Å²) >= 11 is 0. The van der Waals surface area contributed by atoms with Crippen LogP contribution in [-0.4, -0.2) is 55.7 Å². The molecule has 0 saturated heterocycles. The summed E-state index contributed by atoms with van der Waals surface area (Å²) in [4.78, 5) is 43.3. The first-order valence-electron chi connectivity index (χ1n) is 15.6. The number of aromatic amines is 1. The number of ether oxygens (including phenoxy) is 1. The van der Waals surface area contributed by atoms with Crippen molar-refractivity contribution in [2.24, 2.45) is 5.92 Å². The van der Waals surface area contributed by atoms with Gasteiger partial charge in [-0.2, -0.15) is 9.97 Å². The third-order valence-electron chi connectivity index (χ3n) is 8.45. The number of hydrogen-bond acceptors (Lipinski definition) is 8. The summed E-state index contributed by atoms with van der Waals surface area (Å²) < 4.78 is 5.89. The number of imidazole rings is 1. The smallest absolute Gasteiger partial charge is 0.251 e. The number of anilines is 2. The van der Waals surface area contributed by atoms with Crippen LogP contribution in [0.2, 0.25) is 0 Å². The maximum atomic E-state index is 13.5. The van der Waals surface area contributed by atoms with Gasteiger partial charge in [-0.1, -0.05) is 66.7 Å². The molecule has 2 aliphatic rings. The Balaban J connectivity index is 1.10. The summed E-state index contributed by atoms with van der Waals surface area (Å²) in [7, 11) is 4.58. The minimum Gasteiger partial charge on any atom is -0.471 e. The second-order valence-corrected chi connectivity index (χ2v) is 13.4. The minimum atomic E-state index is -0.221. The van der Waals surface area contributed by atoms with Crippen LogP contribution in [0, 0.1) is 5.92 Å². The van der Waals surface area contributed by atoms with Crippen molar-refractivity contribution in [2.75, 3.05) is 24.7 Å². The summed E-state index contributed by atoms with van der Waals surface area (Å²) in [5.74, 6) is 0.525. The van der Waals surface area contributed by atoms with Gasteiger partial charge in [0.2, 0.25) is 11.8 Å². The molecular formula is C37H33N7O3Si. The molecular weight excluding hydrogens is 619 g/mol. The molecule has 0 spiro atoms. The number of nitrogen functional groups attached to an aromatic ring is 1. The van der Waals surface area contributed by atoms with Gasteiger partial charge in [-0.3, -0.25) is 9.59 Å². The fraction of sp³-hybridized carbons (Fsp3) is 0.162. The Morgan fingerprint density at radius 3 is 2.67 bits per heavy atom. The second-order valence-electron chi connectivity index (χ2n) is 12.0. The average Bonchev–Trinajstić information content (AvgIpc) is 3.57. The maximum absolute atomic E-state index is 13.5. The van der Waals surface area contributed by atoms with Crippen LogP contribution in [0.4, 0.5) is 11.6 Å². The zero-order chi connectivity index (χ0) is 33.4. The molecule has 238 valence electrons. The summed E-state index contributed by atoms with van der Waals surface area (Å²) in [6, 6.07) is 19.5. The Morgan fingerprint density at radius 1 is 1.06 bits per heavy atom. The molecule has 3 aromatic carbocycles. The highest BCUT2D eigenvalue weighted by Crippen LogP contribution is 2.38. The fourth-order valence-corrected chi connectivity index (χ4v) is 7.46. The van der Waals surface area contributed by atoms with E-state index in [4.69, 9.17) is 10.5 Å². The van der Waals surface area contributed by atoms with Gasteiger partial charge in [0.15, 0.2) is 11.9 Å². The van der Waals surface area contributed by atoms with Crippen molar-refractivity contribution >= 4 is 55.3 Å². The first-order chi connectivity index (χ1) is 23.3. The van der Waals surface area contributed by atoms with E-state index in [2.05, 4.69) is 73.5 Å². The van der Waals surface area contributed by atoms with Crippen molar-refractivity contribution < 1.29 is 14.3 Å². The number of aldehydes is 1. The summed E-state index contributed by atoms with van der Waals surface area (Å²) in [6.07, 6.45) is 9.04. The number of hydrogen-bond donors (Lipinski definition) is 3. The van der Waals surface area contributed by atoms with Crippen molar-refractivity contribution in [1.82, 2.24) is 25.3 Å². The third kappa shape index (κ3) is 6.03. The lowest BCUT2D eigenvalue weighted by Crippen LogP contribution is -2.29. The Morgan fingerprint density at radius 2 is 1.88 bits per heavy atom. The normalized spacial score (nSPS) is 15.1. The summed E-state index contributed by atoms with van der Waals surface area (Å²) in [5.41, 5.74) is 14.7. The van der Waals surface area contributed by atoms with Gasteiger partial charge in [-0.25, -0.2) is 4.98 Å². The molecule has 0 fully saturated rings. The summed E-state index contributed by atoms with van der Waals surface area (Å²) in [6.45, 7) is 2.78. The molecule has 48 heavy (non-hydrogen) atoms. The first-order valence-corrected chi connectivity index (χ1v) is 16.6. The zero-order valence-electron chi connectivity index (χ0n) is 26.7. The van der Waals surface area contributed by atoms with E-state index in [9.17, 15) is 9.59 Å². The number of amides is 1. The number of carbonyl (C=O) groups is 2. The molecule has 5 aromatic rings. The number of fused-ring (bicyclic) bond motifs is 3. The highest BCUT2D eigenvalue weighted by molar-refractivity contribution is 6.65. The predicted molar refractivity (Wildman–Crippen MR) is 188 cm³/mol. The van der Waals surface area contributed by atoms with E-state index in [1.165, 1.54) is 16.7 Å². The molecule has 4 N–H and O–H groups in total. The zero-order valence-corrected chi connectivity index (χ0v) is 27.7. The van der Waals surface area contributed by atoms with Gasteiger partial charge < -0.3 is 25.7 Å². The van der Waals surface area contributed by atoms with Crippen LogP contribution in [0.15, 0.2) is 96.0 Å². The molecule has 1 aliphatic heterocycles. The van der Waals surface area contributed by atoms with Gasteiger partial charge in [0.25, 0.3) is 5.91 Å². The van der Waals surface area contributed by atoms with Gasteiger partial charge in [0.05, 0.1) is 6.33 Å². The van der Waals surface area contributed by atoms with Gasteiger partial charge in [-0.05, 0) is 68.8 Å². The van der Waals surface area contributed by atoms with E-state index >= 15 is 0 Å². The first kappa shape index (κ1) is 30.8. The quantitative estimate of drug-likeness (QED) is 0.156. The van der Waals surface area contributed by atoms with Crippen LogP contribution in [0.3, 0.4) is 0 Å². The van der Waals surface area contributed by atoms with Gasteiger partial charge in [0, 0.05) is 37.5 Å². The van der Waals surface area contributed by atoms with Crippen molar-refractivity contribution in [3.05, 3.63) is 129 Å². The molecule has 1 amide bonds. The van der Waals surface area contributed by atoms with Crippen molar-refractivity contribution in [1.29, 1.82) is 0 Å². The predicted octanol–water partition coefficient (Wildman–Crippen LogP) is 4.56. The molecule has 11 heteroatoms. The van der Waals surface area contributed by atoms with Crippen LogP contribution >= 0.6 is 0 Å². The Bertz CT molecular complexity index is 2170. The molecule has 1 unspecified atom stereocenters. The highest BCUT2D eigenvalue weighted by atomic mass is 28.2. The number of H-pyrrole nitrogens is 1. The summed E-state index contributed by atoms with van der Waals surface area (Å²) in [5, 5.41) is 5.53. The standard InChI is InChI=1S/C37H33N7O3Si/c1-21-4-12-27-30(14-21)48-31-16-26(44(2)3)11-13-28(31)32(27)29-15-24(9-10-25(29)18-45)35(46)39-17-22-5-7-23(8-6-22)19-47-36-33-34(41-20-40-33)42-37(38)43-36/h4-16,18,20-21H,17,19H2,1-3H3,(H,39,46)(H3,38,40,41,42,43). The number of nitrogens with two attached hydrogens (primary N) is 1. The molecule has 2 aromatic heterocycles. The third-order valence-corrected chi connectivity index (χ3v) is 9.84. The highest BCUT2D eigenvalue weighted by Gasteiger charge is 2.27. The fourth-order valence-electron chi connectivity index (χ4n) is 5.92. The average molecular weight is 652 g/mol. The molecule has 0 bridgehead atoms. The molecule has 1 atom stereocenters. The van der Waals surface area contributed by atoms with E-state index < -0.39 is 0 Å². The van der Waals surface area contributed by atoms with E-state index in [0.717, 1.165) is 45.4 Å². The molecule has 0 saturated carbocycles. The lowest BCUT2D eigenvalue weighted by molar-refractivity contribution is 0.0950. The SMILES string of the molecule is CC1C=CC2=C(c3cc(C(=O)NCc4ccc(COc5nc(N)nc6nc[nH]c56)cc4)ccc3C=O)c3ccc(N(C)C)cc3[Si]C2=C1. The number of aromatic nitrogens is 4. The van der Waals surface area contributed by atoms with Crippen LogP contribution in [0.1, 0.15) is 49.9 Å². The molecule has 10 nitrogen and oxygen atoms in total. The van der Waals surface area contributed by atoms with Gasteiger partial charge in [0.1, 0.15) is 21.6 Å². The monoisotopic (exact) mass is 651 g/mol. The van der Waals surface area contributed by atoms with Crippen molar-refractivity contribution in [2.45, 2.75) is 20.1 Å². The Hall–Kier alpha value is -5.81. The van der Waals surface area contributed by atoms with Crippen molar-refractivity contribution in [3.63, 3.8) is 0 Å². The molecule has 7 rings (SSSR count). The lowest BCUT2D eigenvalue weighted by Gasteiger charge is -2.29. The molecule has 2 radical (unpaired) electrons. The second kappa shape index (κ2) is 12.8.